The van der Waals surface area contributed by atoms with Crippen molar-refractivity contribution in [1.82, 2.24) is 0 Å². The lowest BCUT2D eigenvalue weighted by atomic mass is 10.1. The van der Waals surface area contributed by atoms with Crippen LogP contribution in [0.2, 0.25) is 0 Å². The van der Waals surface area contributed by atoms with Crippen molar-refractivity contribution >= 4 is 17.8 Å². The molecule has 1 nitrogen and oxygen atoms in total. The predicted molar refractivity (Wildman–Crippen MR) is 80.8 cm³/mol. The summed E-state index contributed by atoms with van der Waals surface area (Å²) in [5.74, 6) is 0. The maximum atomic E-state index is 3.18. The first kappa shape index (κ1) is 12.4. The Morgan fingerprint density at radius 3 is 2.33 bits per heavy atom. The molecule has 1 heteroatoms. The van der Waals surface area contributed by atoms with Crippen molar-refractivity contribution in [3.63, 3.8) is 0 Å². The predicted octanol–water partition coefficient (Wildman–Crippen LogP) is 4.52. The maximum absolute atomic E-state index is 3.18. The third-order valence-corrected chi connectivity index (χ3v) is 3.16. The number of hydrogen-bond acceptors (Lipinski definition) is 1. The van der Waals surface area contributed by atoms with Crippen LogP contribution in [0.15, 0.2) is 42.5 Å². The van der Waals surface area contributed by atoms with Crippen LogP contribution in [0, 0.1) is 13.8 Å². The number of nitrogens with one attached hydrogen (secondary N) is 1. The van der Waals surface area contributed by atoms with Gasteiger partial charge in [-0.15, -0.1) is 0 Å². The Morgan fingerprint density at radius 2 is 1.67 bits per heavy atom. The van der Waals surface area contributed by atoms with Gasteiger partial charge in [0.15, 0.2) is 0 Å². The minimum absolute atomic E-state index is 1.18. The summed E-state index contributed by atoms with van der Waals surface area (Å²) in [6, 6.07) is 14.9. The zero-order chi connectivity index (χ0) is 13.0. The van der Waals surface area contributed by atoms with Gasteiger partial charge < -0.3 is 5.32 Å². The molecule has 0 unspecified atom stereocenters. The Morgan fingerprint density at radius 1 is 0.889 bits per heavy atom. The first-order valence-electron chi connectivity index (χ1n) is 6.23. The number of hydrogen-bond donors (Lipinski definition) is 1. The molecular weight excluding hydrogens is 218 g/mol. The van der Waals surface area contributed by atoms with Crippen LogP contribution >= 0.6 is 0 Å². The largest absolute Gasteiger partial charge is 0.388 e. The van der Waals surface area contributed by atoms with Gasteiger partial charge >= 0.3 is 0 Å². The maximum Gasteiger partial charge on any atom is 0.0367 e. The summed E-state index contributed by atoms with van der Waals surface area (Å²) in [5, 5.41) is 3.18. The molecule has 1 N–H and O–H groups in total. The SMILES string of the molecule is CNc1ccc(/C=C/c2ccccc2C)cc1C. The first-order valence-corrected chi connectivity index (χ1v) is 6.23. The van der Waals surface area contributed by atoms with Gasteiger partial charge in [0.05, 0.1) is 0 Å². The molecule has 0 amide bonds. The third kappa shape index (κ3) is 2.80. The molecule has 0 aliphatic carbocycles. The van der Waals surface area contributed by atoms with E-state index in [9.17, 15) is 0 Å². The number of rotatable bonds is 3. The standard InChI is InChI=1S/C17H19N/c1-13-6-4-5-7-16(13)10-8-15-9-11-17(18-3)14(2)12-15/h4-12,18H,1-3H3/b10-8+. The molecule has 0 aromatic heterocycles. The van der Waals surface area contributed by atoms with Crippen LogP contribution in [-0.4, -0.2) is 7.05 Å². The highest BCUT2D eigenvalue weighted by atomic mass is 14.8. The molecule has 0 aliphatic rings. The Hall–Kier alpha value is -2.02. The molecule has 0 saturated carbocycles. The van der Waals surface area contributed by atoms with Crippen molar-refractivity contribution in [3.8, 4) is 0 Å². The van der Waals surface area contributed by atoms with Gasteiger partial charge in [-0.1, -0.05) is 42.5 Å². The zero-order valence-corrected chi connectivity index (χ0v) is 11.2. The van der Waals surface area contributed by atoms with Gasteiger partial charge in [-0.3, -0.25) is 0 Å². The monoisotopic (exact) mass is 237 g/mol. The van der Waals surface area contributed by atoms with Crippen molar-refractivity contribution in [2.24, 2.45) is 0 Å². The van der Waals surface area contributed by atoms with Crippen molar-refractivity contribution in [3.05, 3.63) is 64.7 Å². The lowest BCUT2D eigenvalue weighted by Gasteiger charge is -2.05. The Balaban J connectivity index is 2.24. The summed E-state index contributed by atoms with van der Waals surface area (Å²) in [4.78, 5) is 0. The fourth-order valence-electron chi connectivity index (χ4n) is 2.03. The van der Waals surface area contributed by atoms with Crippen molar-refractivity contribution in [2.75, 3.05) is 12.4 Å². The lowest BCUT2D eigenvalue weighted by molar-refractivity contribution is 1.40. The van der Waals surface area contributed by atoms with Crippen LogP contribution in [0.3, 0.4) is 0 Å². The van der Waals surface area contributed by atoms with Crippen LogP contribution in [0.4, 0.5) is 5.69 Å². The smallest absolute Gasteiger partial charge is 0.0367 e. The van der Waals surface area contributed by atoms with Crippen LogP contribution in [0.1, 0.15) is 22.3 Å². The van der Waals surface area contributed by atoms with Crippen LogP contribution in [0.5, 0.6) is 0 Å². The molecule has 0 saturated heterocycles. The fraction of sp³-hybridized carbons (Fsp3) is 0.176. The molecule has 0 atom stereocenters. The highest BCUT2D eigenvalue weighted by Crippen LogP contribution is 2.18. The Kier molecular flexibility index (Phi) is 3.83. The molecular formula is C17H19N. The second kappa shape index (κ2) is 5.54. The summed E-state index contributed by atoms with van der Waals surface area (Å²) in [7, 11) is 1.95. The van der Waals surface area contributed by atoms with E-state index < -0.39 is 0 Å². The number of benzene rings is 2. The van der Waals surface area contributed by atoms with Crippen molar-refractivity contribution < 1.29 is 0 Å². The summed E-state index contributed by atoms with van der Waals surface area (Å²) in [6.45, 7) is 4.26. The van der Waals surface area contributed by atoms with Crippen LogP contribution in [-0.2, 0) is 0 Å². The highest BCUT2D eigenvalue weighted by Gasteiger charge is 1.96. The zero-order valence-electron chi connectivity index (χ0n) is 11.2. The van der Waals surface area contributed by atoms with E-state index in [2.05, 4.69) is 73.8 Å². The van der Waals surface area contributed by atoms with E-state index >= 15 is 0 Å². The average Bonchev–Trinajstić information content (AvgIpc) is 2.38. The topological polar surface area (TPSA) is 12.0 Å². The number of aryl methyl sites for hydroxylation is 2. The molecule has 0 spiro atoms. The second-order valence-corrected chi connectivity index (χ2v) is 4.51. The molecule has 2 aromatic carbocycles. The van der Waals surface area contributed by atoms with E-state index in [4.69, 9.17) is 0 Å². The Labute approximate surface area is 109 Å². The molecule has 0 heterocycles. The van der Waals surface area contributed by atoms with E-state index in [0.29, 0.717) is 0 Å². The molecule has 0 bridgehead atoms. The van der Waals surface area contributed by atoms with E-state index in [1.807, 2.05) is 7.05 Å². The normalized spacial score (nSPS) is 10.8. The molecule has 0 aliphatic heterocycles. The van der Waals surface area contributed by atoms with Gasteiger partial charge in [0, 0.05) is 12.7 Å². The van der Waals surface area contributed by atoms with E-state index in [1.165, 1.54) is 27.9 Å². The summed E-state index contributed by atoms with van der Waals surface area (Å²) in [6.07, 6.45) is 4.33. The van der Waals surface area contributed by atoms with Crippen molar-refractivity contribution in [1.29, 1.82) is 0 Å². The molecule has 2 aromatic rings. The van der Waals surface area contributed by atoms with Gasteiger partial charge in [0.2, 0.25) is 0 Å². The Bertz CT molecular complexity index is 568. The van der Waals surface area contributed by atoms with Crippen LogP contribution < -0.4 is 5.32 Å². The summed E-state index contributed by atoms with van der Waals surface area (Å²) in [5.41, 5.74) is 6.26. The summed E-state index contributed by atoms with van der Waals surface area (Å²) < 4.78 is 0. The molecule has 92 valence electrons. The van der Waals surface area contributed by atoms with Crippen LogP contribution in [0.25, 0.3) is 12.2 Å². The minimum Gasteiger partial charge on any atom is -0.388 e. The third-order valence-electron chi connectivity index (χ3n) is 3.16. The van der Waals surface area contributed by atoms with E-state index in [1.54, 1.807) is 0 Å². The lowest BCUT2D eigenvalue weighted by Crippen LogP contribution is -1.91. The highest BCUT2D eigenvalue weighted by molar-refractivity contribution is 5.72. The molecule has 18 heavy (non-hydrogen) atoms. The van der Waals surface area contributed by atoms with Gasteiger partial charge in [0.25, 0.3) is 0 Å². The second-order valence-electron chi connectivity index (χ2n) is 4.51. The van der Waals surface area contributed by atoms with Gasteiger partial charge in [0.1, 0.15) is 0 Å². The minimum atomic E-state index is 1.18. The summed E-state index contributed by atoms with van der Waals surface area (Å²) >= 11 is 0. The van der Waals surface area contributed by atoms with Gasteiger partial charge in [-0.05, 0) is 48.2 Å². The quantitative estimate of drug-likeness (QED) is 0.774. The fourth-order valence-corrected chi connectivity index (χ4v) is 2.03. The average molecular weight is 237 g/mol. The molecule has 0 fully saturated rings. The molecule has 0 radical (unpaired) electrons. The first-order chi connectivity index (χ1) is 8.70. The van der Waals surface area contributed by atoms with Crippen molar-refractivity contribution in [2.45, 2.75) is 13.8 Å². The van der Waals surface area contributed by atoms with E-state index in [0.717, 1.165) is 0 Å². The molecule has 2 rings (SSSR count). The van der Waals surface area contributed by atoms with Gasteiger partial charge in [-0.25, -0.2) is 0 Å². The number of anilines is 1. The van der Waals surface area contributed by atoms with E-state index in [-0.39, 0.29) is 0 Å². The van der Waals surface area contributed by atoms with Gasteiger partial charge in [-0.2, -0.15) is 0 Å².